The topological polar surface area (TPSA) is 15.3 Å². The Kier molecular flexibility index (Phi) is 7.25. The molecule has 0 aliphatic rings. The molecule has 0 spiro atoms. The average molecular weight is 276 g/mol. The summed E-state index contributed by atoms with van der Waals surface area (Å²) in [6.07, 6.45) is 1.17. The van der Waals surface area contributed by atoms with Crippen molar-refractivity contribution in [1.82, 2.24) is 10.2 Å². The largest absolute Gasteiger partial charge is 0.311 e. The molecule has 0 bridgehead atoms. The van der Waals surface area contributed by atoms with Crippen molar-refractivity contribution in [2.75, 3.05) is 20.6 Å². The minimum Gasteiger partial charge on any atom is -0.311 e. The summed E-state index contributed by atoms with van der Waals surface area (Å²) in [5, 5.41) is 3.58. The minimum atomic E-state index is 0.593. The second-order valence-corrected chi connectivity index (χ2v) is 6.82. The molecule has 2 heteroatoms. The zero-order chi connectivity index (χ0) is 15.1. The number of benzene rings is 1. The van der Waals surface area contributed by atoms with E-state index in [1.54, 1.807) is 0 Å². The Bertz CT molecular complexity index is 358. The molecule has 1 unspecified atom stereocenters. The first-order chi connectivity index (χ1) is 9.40. The summed E-state index contributed by atoms with van der Waals surface area (Å²) in [6, 6.07) is 9.64. The SMILES string of the molecule is CC(C)Cc1ccc(CNCC(C(C)C)N(C)C)cc1. The van der Waals surface area contributed by atoms with Gasteiger partial charge in [-0.15, -0.1) is 0 Å². The lowest BCUT2D eigenvalue weighted by Gasteiger charge is -2.28. The van der Waals surface area contributed by atoms with Gasteiger partial charge in [-0.25, -0.2) is 0 Å². The standard InChI is InChI=1S/C18H32N2/c1-14(2)11-16-7-9-17(10-8-16)12-19-13-18(15(3)4)20(5)6/h7-10,14-15,18-19H,11-13H2,1-6H3. The van der Waals surface area contributed by atoms with Crippen molar-refractivity contribution in [1.29, 1.82) is 0 Å². The van der Waals surface area contributed by atoms with Gasteiger partial charge in [0.15, 0.2) is 0 Å². The first-order valence-corrected chi connectivity index (χ1v) is 7.85. The van der Waals surface area contributed by atoms with Crippen LogP contribution in [-0.2, 0) is 13.0 Å². The Morgan fingerprint density at radius 2 is 1.50 bits per heavy atom. The van der Waals surface area contributed by atoms with Gasteiger partial charge in [0.2, 0.25) is 0 Å². The summed E-state index contributed by atoms with van der Waals surface area (Å²) < 4.78 is 0. The van der Waals surface area contributed by atoms with Crippen LogP contribution in [0.1, 0.15) is 38.8 Å². The summed E-state index contributed by atoms with van der Waals surface area (Å²) in [6.45, 7) is 11.1. The van der Waals surface area contributed by atoms with Crippen LogP contribution in [-0.4, -0.2) is 31.6 Å². The van der Waals surface area contributed by atoms with Crippen molar-refractivity contribution in [2.24, 2.45) is 11.8 Å². The van der Waals surface area contributed by atoms with Crippen LogP contribution in [0.25, 0.3) is 0 Å². The Morgan fingerprint density at radius 3 is 1.95 bits per heavy atom. The van der Waals surface area contributed by atoms with Crippen molar-refractivity contribution in [3.8, 4) is 0 Å². The highest BCUT2D eigenvalue weighted by atomic mass is 15.1. The van der Waals surface area contributed by atoms with Crippen LogP contribution in [0.15, 0.2) is 24.3 Å². The fraction of sp³-hybridized carbons (Fsp3) is 0.667. The van der Waals surface area contributed by atoms with Gasteiger partial charge in [-0.1, -0.05) is 52.0 Å². The van der Waals surface area contributed by atoms with E-state index in [2.05, 4.69) is 76.3 Å². The van der Waals surface area contributed by atoms with Gasteiger partial charge < -0.3 is 10.2 Å². The molecule has 1 atom stereocenters. The van der Waals surface area contributed by atoms with E-state index in [4.69, 9.17) is 0 Å². The van der Waals surface area contributed by atoms with Gasteiger partial charge in [0.1, 0.15) is 0 Å². The molecule has 1 aromatic rings. The van der Waals surface area contributed by atoms with Gasteiger partial charge in [-0.05, 0) is 43.5 Å². The van der Waals surface area contributed by atoms with Gasteiger partial charge in [0.25, 0.3) is 0 Å². The maximum Gasteiger partial charge on any atom is 0.0237 e. The third-order valence-corrected chi connectivity index (χ3v) is 3.78. The number of nitrogens with one attached hydrogen (secondary N) is 1. The van der Waals surface area contributed by atoms with E-state index in [1.165, 1.54) is 17.5 Å². The average Bonchev–Trinajstić information content (AvgIpc) is 2.35. The molecule has 1 N–H and O–H groups in total. The maximum atomic E-state index is 3.58. The van der Waals surface area contributed by atoms with Crippen LogP contribution >= 0.6 is 0 Å². The highest BCUT2D eigenvalue weighted by molar-refractivity contribution is 5.22. The van der Waals surface area contributed by atoms with E-state index in [9.17, 15) is 0 Å². The van der Waals surface area contributed by atoms with Gasteiger partial charge in [-0.3, -0.25) is 0 Å². The van der Waals surface area contributed by atoms with E-state index in [0.29, 0.717) is 12.0 Å². The Morgan fingerprint density at radius 1 is 0.950 bits per heavy atom. The van der Waals surface area contributed by atoms with Crippen LogP contribution < -0.4 is 5.32 Å². The van der Waals surface area contributed by atoms with Crippen LogP contribution in [0.4, 0.5) is 0 Å². The molecule has 0 fully saturated rings. The molecule has 0 aliphatic heterocycles. The predicted octanol–water partition coefficient (Wildman–Crippen LogP) is 3.56. The quantitative estimate of drug-likeness (QED) is 0.781. The molecule has 0 saturated carbocycles. The fourth-order valence-electron chi connectivity index (χ4n) is 2.64. The molecule has 1 rings (SSSR count). The lowest BCUT2D eigenvalue weighted by molar-refractivity contribution is 0.224. The molecule has 2 nitrogen and oxygen atoms in total. The fourth-order valence-corrected chi connectivity index (χ4v) is 2.64. The summed E-state index contributed by atoms with van der Waals surface area (Å²) in [4.78, 5) is 2.31. The zero-order valence-corrected chi connectivity index (χ0v) is 14.1. The summed E-state index contributed by atoms with van der Waals surface area (Å²) in [5.41, 5.74) is 2.82. The van der Waals surface area contributed by atoms with E-state index in [0.717, 1.165) is 19.0 Å². The first-order valence-electron chi connectivity index (χ1n) is 7.85. The van der Waals surface area contributed by atoms with Gasteiger partial charge in [0.05, 0.1) is 0 Å². The lowest BCUT2D eigenvalue weighted by atomic mass is 10.0. The normalized spacial score (nSPS) is 13.4. The molecule has 0 saturated heterocycles. The molecule has 1 aromatic carbocycles. The monoisotopic (exact) mass is 276 g/mol. The molecule has 0 aliphatic carbocycles. The Labute approximate surface area is 125 Å². The molecular formula is C18H32N2. The van der Waals surface area contributed by atoms with Crippen molar-refractivity contribution < 1.29 is 0 Å². The smallest absolute Gasteiger partial charge is 0.0237 e. The minimum absolute atomic E-state index is 0.593. The van der Waals surface area contributed by atoms with Crippen LogP contribution in [0.3, 0.4) is 0 Å². The van der Waals surface area contributed by atoms with Gasteiger partial charge in [0, 0.05) is 19.1 Å². The predicted molar refractivity (Wildman–Crippen MR) is 89.0 cm³/mol. The highest BCUT2D eigenvalue weighted by Crippen LogP contribution is 2.10. The van der Waals surface area contributed by atoms with E-state index in [1.807, 2.05) is 0 Å². The number of nitrogens with zero attached hydrogens (tertiary/aromatic N) is 1. The maximum absolute atomic E-state index is 3.58. The third-order valence-electron chi connectivity index (χ3n) is 3.78. The third kappa shape index (κ3) is 6.06. The zero-order valence-electron chi connectivity index (χ0n) is 14.1. The van der Waals surface area contributed by atoms with Crippen molar-refractivity contribution >= 4 is 0 Å². The molecule has 0 aromatic heterocycles. The van der Waals surface area contributed by atoms with Gasteiger partial charge >= 0.3 is 0 Å². The van der Waals surface area contributed by atoms with Crippen LogP contribution in [0.2, 0.25) is 0 Å². The highest BCUT2D eigenvalue weighted by Gasteiger charge is 2.14. The number of rotatable bonds is 8. The summed E-state index contributed by atoms with van der Waals surface area (Å²) >= 11 is 0. The second kappa shape index (κ2) is 8.43. The Balaban J connectivity index is 2.42. The molecule has 20 heavy (non-hydrogen) atoms. The number of likely N-dealkylation sites (N-methyl/N-ethyl adjacent to an activating group) is 1. The molecular weight excluding hydrogens is 244 g/mol. The second-order valence-electron chi connectivity index (χ2n) is 6.82. The lowest BCUT2D eigenvalue weighted by Crippen LogP contribution is -2.41. The molecule has 114 valence electrons. The van der Waals surface area contributed by atoms with E-state index >= 15 is 0 Å². The summed E-state index contributed by atoms with van der Waals surface area (Å²) in [7, 11) is 4.32. The van der Waals surface area contributed by atoms with E-state index in [-0.39, 0.29) is 0 Å². The molecule has 0 amide bonds. The van der Waals surface area contributed by atoms with Crippen LogP contribution in [0.5, 0.6) is 0 Å². The van der Waals surface area contributed by atoms with E-state index < -0.39 is 0 Å². The Hall–Kier alpha value is -0.860. The van der Waals surface area contributed by atoms with Crippen molar-refractivity contribution in [3.05, 3.63) is 35.4 Å². The molecule has 0 heterocycles. The number of hydrogen-bond acceptors (Lipinski definition) is 2. The van der Waals surface area contributed by atoms with Crippen molar-refractivity contribution in [2.45, 2.75) is 46.7 Å². The van der Waals surface area contributed by atoms with Crippen molar-refractivity contribution in [3.63, 3.8) is 0 Å². The number of hydrogen-bond donors (Lipinski definition) is 1. The van der Waals surface area contributed by atoms with Gasteiger partial charge in [-0.2, -0.15) is 0 Å². The summed E-state index contributed by atoms with van der Waals surface area (Å²) in [5.74, 6) is 1.40. The molecule has 0 radical (unpaired) electrons. The first kappa shape index (κ1) is 17.2. The van der Waals surface area contributed by atoms with Crippen LogP contribution in [0, 0.1) is 11.8 Å².